The van der Waals surface area contributed by atoms with Gasteiger partial charge in [-0.1, -0.05) is 50.3 Å². The maximum Gasteiger partial charge on any atom is 0.338 e. The van der Waals surface area contributed by atoms with Gasteiger partial charge in [-0.2, -0.15) is 0 Å². The monoisotopic (exact) mass is 421 g/mol. The van der Waals surface area contributed by atoms with E-state index in [-0.39, 0.29) is 29.1 Å². The number of epoxide rings is 1. The Hall–Kier alpha value is -1.17. The molecule has 0 N–H and O–H groups in total. The number of halogens is 1. The van der Waals surface area contributed by atoms with Gasteiger partial charge in [-0.15, -0.1) is 0 Å². The Labute approximate surface area is 166 Å². The largest absolute Gasteiger partial charge is 1.00 e. The molecule has 3 aliphatic heterocycles. The van der Waals surface area contributed by atoms with Gasteiger partial charge in [-0.05, 0) is 12.0 Å². The molecule has 142 valence electrons. The van der Waals surface area contributed by atoms with Gasteiger partial charge in [0.2, 0.25) is 0 Å². The number of esters is 1. The molecule has 0 aromatic heterocycles. The first-order chi connectivity index (χ1) is 12.0. The smallest absolute Gasteiger partial charge is 0.338 e. The van der Waals surface area contributed by atoms with Gasteiger partial charge < -0.3 is 30.9 Å². The van der Waals surface area contributed by atoms with Gasteiger partial charge in [-0.3, -0.25) is 0 Å². The topological polar surface area (TPSA) is 38.8 Å². The summed E-state index contributed by atoms with van der Waals surface area (Å²) in [5.41, 5.74) is 1.28. The standard InChI is InChI=1S/C21H28NO3.BrH/c1-4-5-11-22(3)17-12-16(13-18(22)20-19(17)25-20)24-21(23)14(2)15-9-7-6-8-10-15;/h6-10,16-20H,2,4-5,11-13H2,1,3H3;1H/q+1;/p-1. The van der Waals surface area contributed by atoms with Crippen molar-refractivity contribution in [2.24, 2.45) is 0 Å². The number of rotatable bonds is 6. The zero-order valence-corrected chi connectivity index (χ0v) is 17.2. The summed E-state index contributed by atoms with van der Waals surface area (Å²) in [5, 5.41) is 0. The predicted octanol–water partition coefficient (Wildman–Crippen LogP) is 0.174. The number of nitrogens with zero attached hydrogens (tertiary/aromatic N) is 1. The molecule has 3 aliphatic rings. The highest BCUT2D eigenvalue weighted by molar-refractivity contribution is 6.15. The van der Waals surface area contributed by atoms with Gasteiger partial charge in [0.05, 0.1) is 19.2 Å². The minimum atomic E-state index is -0.283. The van der Waals surface area contributed by atoms with E-state index in [0.29, 0.717) is 29.9 Å². The highest BCUT2D eigenvalue weighted by Gasteiger charge is 2.71. The Morgan fingerprint density at radius 1 is 1.23 bits per heavy atom. The Morgan fingerprint density at radius 3 is 2.42 bits per heavy atom. The number of piperidine rings is 1. The molecule has 0 amide bonds. The van der Waals surface area contributed by atoms with Gasteiger partial charge in [0.15, 0.2) is 0 Å². The summed E-state index contributed by atoms with van der Waals surface area (Å²) in [6.45, 7) is 7.39. The number of carbonyl (C=O) groups is 1. The fourth-order valence-corrected chi connectivity index (χ4v) is 4.96. The predicted molar refractivity (Wildman–Crippen MR) is 96.8 cm³/mol. The van der Waals surface area contributed by atoms with Crippen LogP contribution in [0.2, 0.25) is 0 Å². The van der Waals surface area contributed by atoms with Crippen LogP contribution in [0.5, 0.6) is 0 Å². The third-order valence-electron chi connectivity index (χ3n) is 6.48. The Morgan fingerprint density at radius 2 is 1.85 bits per heavy atom. The lowest BCUT2D eigenvalue weighted by atomic mass is 9.94. The second-order valence-electron chi connectivity index (χ2n) is 7.97. The molecule has 0 radical (unpaired) electrons. The first-order valence-corrected chi connectivity index (χ1v) is 9.50. The SMILES string of the molecule is C=C(C(=O)OC1CC2C3OC3C(C1)[N+]2(C)CCCC)c1ccccc1.[Br-]. The Balaban J connectivity index is 0.00000196. The highest BCUT2D eigenvalue weighted by atomic mass is 79.9. The molecule has 26 heavy (non-hydrogen) atoms. The summed E-state index contributed by atoms with van der Waals surface area (Å²) in [6.07, 6.45) is 5.04. The second-order valence-corrected chi connectivity index (χ2v) is 7.97. The molecule has 4 nitrogen and oxygen atoms in total. The molecule has 0 saturated carbocycles. The van der Waals surface area contributed by atoms with Crippen LogP contribution in [-0.2, 0) is 14.3 Å². The van der Waals surface area contributed by atoms with E-state index >= 15 is 0 Å². The number of hydrogen-bond acceptors (Lipinski definition) is 3. The summed E-state index contributed by atoms with van der Waals surface area (Å²) in [6, 6.07) is 10.5. The number of unbranched alkanes of at least 4 members (excludes halogenated alkanes) is 1. The molecule has 3 saturated heterocycles. The first kappa shape index (κ1) is 19.6. The van der Waals surface area contributed by atoms with Crippen molar-refractivity contribution in [3.63, 3.8) is 0 Å². The third kappa shape index (κ3) is 3.25. The number of quaternary nitrogens is 1. The molecule has 3 fully saturated rings. The van der Waals surface area contributed by atoms with E-state index < -0.39 is 0 Å². The summed E-state index contributed by atoms with van der Waals surface area (Å²) < 4.78 is 12.9. The van der Waals surface area contributed by atoms with Crippen LogP contribution >= 0.6 is 0 Å². The number of benzene rings is 1. The number of morpholine rings is 1. The number of carbonyl (C=O) groups excluding carboxylic acids is 1. The van der Waals surface area contributed by atoms with Crippen LogP contribution in [0.4, 0.5) is 0 Å². The second kappa shape index (κ2) is 7.45. The number of fused-ring (bicyclic) bond motifs is 5. The molecular weight excluding hydrogens is 394 g/mol. The summed E-state index contributed by atoms with van der Waals surface area (Å²) in [7, 11) is 2.38. The fourth-order valence-electron chi connectivity index (χ4n) is 4.96. The van der Waals surface area contributed by atoms with E-state index in [4.69, 9.17) is 9.47 Å². The molecule has 3 heterocycles. The lowest BCUT2D eigenvalue weighted by molar-refractivity contribution is -0.956. The van der Waals surface area contributed by atoms with Crippen molar-refractivity contribution >= 4 is 11.5 Å². The number of ether oxygens (including phenoxy) is 2. The van der Waals surface area contributed by atoms with E-state index in [9.17, 15) is 4.79 Å². The van der Waals surface area contributed by atoms with E-state index in [2.05, 4.69) is 20.6 Å². The number of hydrogen-bond donors (Lipinski definition) is 0. The molecule has 1 aromatic rings. The molecule has 2 bridgehead atoms. The van der Waals surface area contributed by atoms with Gasteiger partial charge in [-0.25, -0.2) is 4.79 Å². The van der Waals surface area contributed by atoms with E-state index in [1.54, 1.807) is 0 Å². The average Bonchev–Trinajstić information content (AvgIpc) is 3.38. The van der Waals surface area contributed by atoms with E-state index in [1.165, 1.54) is 19.4 Å². The van der Waals surface area contributed by atoms with Crippen LogP contribution in [-0.4, -0.2) is 54.4 Å². The van der Waals surface area contributed by atoms with Gasteiger partial charge in [0.1, 0.15) is 30.4 Å². The molecule has 0 spiro atoms. The van der Waals surface area contributed by atoms with E-state index in [0.717, 1.165) is 22.9 Å². The van der Waals surface area contributed by atoms with E-state index in [1.807, 2.05) is 30.3 Å². The zero-order chi connectivity index (χ0) is 17.6. The van der Waals surface area contributed by atoms with Crippen molar-refractivity contribution in [2.45, 2.75) is 63.0 Å². The lowest BCUT2D eigenvalue weighted by Crippen LogP contribution is -3.00. The molecule has 0 aliphatic carbocycles. The Kier molecular flexibility index (Phi) is 5.61. The van der Waals surface area contributed by atoms with Crippen molar-refractivity contribution in [1.82, 2.24) is 0 Å². The minimum Gasteiger partial charge on any atom is -1.00 e. The molecule has 1 aromatic carbocycles. The zero-order valence-electron chi connectivity index (χ0n) is 15.6. The molecule has 4 atom stereocenters. The fraction of sp³-hybridized carbons (Fsp3) is 0.571. The number of likely N-dealkylation sites (N-methyl/N-ethyl adjacent to an activating group) is 1. The van der Waals surface area contributed by atoms with Gasteiger partial charge in [0, 0.05) is 12.8 Å². The maximum absolute atomic E-state index is 12.5. The first-order valence-electron chi connectivity index (χ1n) is 9.50. The van der Waals surface area contributed by atoms with Gasteiger partial charge >= 0.3 is 5.97 Å². The van der Waals surface area contributed by atoms with Crippen LogP contribution < -0.4 is 17.0 Å². The van der Waals surface area contributed by atoms with Crippen LogP contribution in [0.1, 0.15) is 38.2 Å². The summed E-state index contributed by atoms with van der Waals surface area (Å²) in [4.78, 5) is 12.5. The lowest BCUT2D eigenvalue weighted by Gasteiger charge is -2.48. The maximum atomic E-state index is 12.5. The van der Waals surface area contributed by atoms with Gasteiger partial charge in [0.25, 0.3) is 0 Å². The molecular formula is C21H28BrNO3. The van der Waals surface area contributed by atoms with Crippen molar-refractivity contribution in [2.75, 3.05) is 13.6 Å². The molecule has 5 heteroatoms. The molecule has 4 unspecified atom stereocenters. The quantitative estimate of drug-likeness (QED) is 0.284. The highest BCUT2D eigenvalue weighted by Crippen LogP contribution is 2.52. The van der Waals surface area contributed by atoms with Crippen molar-refractivity contribution in [1.29, 1.82) is 0 Å². The van der Waals surface area contributed by atoms with Crippen molar-refractivity contribution < 1.29 is 35.7 Å². The van der Waals surface area contributed by atoms with Crippen molar-refractivity contribution in [3.8, 4) is 0 Å². The molecule has 4 rings (SSSR count). The average molecular weight is 422 g/mol. The van der Waals surface area contributed by atoms with Crippen LogP contribution in [0, 0.1) is 0 Å². The van der Waals surface area contributed by atoms with Crippen LogP contribution in [0.3, 0.4) is 0 Å². The summed E-state index contributed by atoms with van der Waals surface area (Å²) in [5.74, 6) is -0.283. The van der Waals surface area contributed by atoms with Crippen LogP contribution in [0.25, 0.3) is 5.57 Å². The minimum absolute atomic E-state index is 0. The summed E-state index contributed by atoms with van der Waals surface area (Å²) >= 11 is 0. The van der Waals surface area contributed by atoms with Crippen molar-refractivity contribution in [3.05, 3.63) is 42.5 Å². The Bertz CT molecular complexity index is 659. The third-order valence-corrected chi connectivity index (χ3v) is 6.48. The normalized spacial score (nSPS) is 36.6. The van der Waals surface area contributed by atoms with Crippen LogP contribution in [0.15, 0.2) is 36.9 Å².